The number of hydrogen-bond donors (Lipinski definition) is 2. The van der Waals surface area contributed by atoms with Crippen molar-refractivity contribution in [3.8, 4) is 5.75 Å². The third-order valence-electron chi connectivity index (χ3n) is 2.55. The van der Waals surface area contributed by atoms with Crippen LogP contribution in [0.25, 0.3) is 11.0 Å². The van der Waals surface area contributed by atoms with Gasteiger partial charge in [-0.25, -0.2) is 4.98 Å². The van der Waals surface area contributed by atoms with Crippen molar-refractivity contribution in [1.82, 2.24) is 15.0 Å². The molecule has 0 aliphatic rings. The molecule has 2 N–H and O–H groups in total. The lowest BCUT2D eigenvalue weighted by molar-refractivity contribution is 0.475. The third-order valence-corrected chi connectivity index (χ3v) is 3.49. The highest BCUT2D eigenvalue weighted by Crippen LogP contribution is 2.23. The van der Waals surface area contributed by atoms with Gasteiger partial charge in [-0.3, -0.25) is 4.98 Å². The molecule has 0 aliphatic heterocycles. The summed E-state index contributed by atoms with van der Waals surface area (Å²) in [4.78, 5) is 11.7. The van der Waals surface area contributed by atoms with Gasteiger partial charge < -0.3 is 10.1 Å². The highest BCUT2D eigenvalue weighted by atomic mass is 32.2. The van der Waals surface area contributed by atoms with E-state index in [1.165, 1.54) is 0 Å². The molecular formula is C13H11N3OS. The van der Waals surface area contributed by atoms with E-state index in [9.17, 15) is 5.11 Å². The molecule has 3 aromatic rings. The average Bonchev–Trinajstić information content (AvgIpc) is 2.79. The summed E-state index contributed by atoms with van der Waals surface area (Å²) in [6, 6.07) is 9.16. The number of phenolic OH excluding ortho intramolecular Hbond substituents is 1. The molecule has 0 spiro atoms. The molecule has 0 saturated carbocycles. The summed E-state index contributed by atoms with van der Waals surface area (Å²) in [6.45, 7) is 0. The van der Waals surface area contributed by atoms with E-state index in [2.05, 4.69) is 15.0 Å². The Balaban J connectivity index is 1.76. The molecule has 18 heavy (non-hydrogen) atoms. The van der Waals surface area contributed by atoms with Crippen molar-refractivity contribution in [3.63, 3.8) is 0 Å². The van der Waals surface area contributed by atoms with Gasteiger partial charge in [0.25, 0.3) is 0 Å². The van der Waals surface area contributed by atoms with E-state index in [1.807, 2.05) is 18.2 Å². The van der Waals surface area contributed by atoms with E-state index in [0.29, 0.717) is 5.75 Å². The number of rotatable bonds is 3. The Morgan fingerprint density at radius 2 is 2.22 bits per heavy atom. The van der Waals surface area contributed by atoms with Crippen LogP contribution < -0.4 is 0 Å². The topological polar surface area (TPSA) is 61.8 Å². The molecule has 1 aromatic carbocycles. The monoisotopic (exact) mass is 257 g/mol. The number of nitrogens with zero attached hydrogens (tertiary/aromatic N) is 2. The number of aromatic amines is 1. The van der Waals surface area contributed by atoms with Gasteiger partial charge in [-0.1, -0.05) is 23.9 Å². The lowest BCUT2D eigenvalue weighted by Gasteiger charge is -1.99. The van der Waals surface area contributed by atoms with Gasteiger partial charge in [0.2, 0.25) is 0 Å². The molecule has 0 amide bonds. The minimum Gasteiger partial charge on any atom is -0.508 e. The van der Waals surface area contributed by atoms with E-state index in [4.69, 9.17) is 0 Å². The minimum atomic E-state index is 0.293. The molecule has 4 nitrogen and oxygen atoms in total. The Kier molecular flexibility index (Phi) is 2.90. The fraction of sp³-hybridized carbons (Fsp3) is 0.0769. The van der Waals surface area contributed by atoms with Crippen LogP contribution in [0.15, 0.2) is 47.9 Å². The highest BCUT2D eigenvalue weighted by molar-refractivity contribution is 7.98. The zero-order valence-corrected chi connectivity index (χ0v) is 10.3. The summed E-state index contributed by atoms with van der Waals surface area (Å²) in [5.41, 5.74) is 2.93. The van der Waals surface area contributed by atoms with Crippen LogP contribution in [-0.2, 0) is 5.75 Å². The molecule has 2 aromatic heterocycles. The first-order valence-electron chi connectivity index (χ1n) is 5.52. The van der Waals surface area contributed by atoms with E-state index in [1.54, 1.807) is 36.3 Å². The maximum atomic E-state index is 9.38. The number of phenols is 1. The molecular weight excluding hydrogens is 246 g/mol. The van der Waals surface area contributed by atoms with E-state index >= 15 is 0 Å². The van der Waals surface area contributed by atoms with E-state index in [-0.39, 0.29) is 0 Å². The highest BCUT2D eigenvalue weighted by Gasteiger charge is 2.03. The molecule has 0 aliphatic carbocycles. The molecule has 0 fully saturated rings. The lowest BCUT2D eigenvalue weighted by Crippen LogP contribution is -1.81. The summed E-state index contributed by atoms with van der Waals surface area (Å²) >= 11 is 1.60. The number of thioether (sulfide) groups is 1. The quantitative estimate of drug-likeness (QED) is 0.708. The Morgan fingerprint density at radius 1 is 1.28 bits per heavy atom. The first-order valence-corrected chi connectivity index (χ1v) is 6.50. The second-order valence-corrected chi connectivity index (χ2v) is 4.86. The lowest BCUT2D eigenvalue weighted by atomic mass is 10.2. The number of pyridine rings is 1. The van der Waals surface area contributed by atoms with Crippen molar-refractivity contribution >= 4 is 22.8 Å². The molecule has 0 unspecified atom stereocenters. The van der Waals surface area contributed by atoms with Gasteiger partial charge in [0.1, 0.15) is 11.3 Å². The summed E-state index contributed by atoms with van der Waals surface area (Å²) in [6.07, 6.45) is 3.48. The summed E-state index contributed by atoms with van der Waals surface area (Å²) in [7, 11) is 0. The van der Waals surface area contributed by atoms with Crippen LogP contribution in [0.4, 0.5) is 0 Å². The summed E-state index contributed by atoms with van der Waals surface area (Å²) < 4.78 is 0. The molecule has 0 bridgehead atoms. The number of imidazole rings is 1. The Morgan fingerprint density at radius 3 is 3.06 bits per heavy atom. The first-order chi connectivity index (χ1) is 8.81. The Labute approximate surface area is 108 Å². The number of benzene rings is 1. The fourth-order valence-electron chi connectivity index (χ4n) is 1.70. The van der Waals surface area contributed by atoms with Crippen molar-refractivity contribution in [2.75, 3.05) is 0 Å². The van der Waals surface area contributed by atoms with Crippen LogP contribution in [-0.4, -0.2) is 20.1 Å². The minimum absolute atomic E-state index is 0.293. The fourth-order valence-corrected chi connectivity index (χ4v) is 2.53. The molecule has 5 heteroatoms. The van der Waals surface area contributed by atoms with E-state index < -0.39 is 0 Å². The van der Waals surface area contributed by atoms with E-state index in [0.717, 1.165) is 27.5 Å². The Hall–Kier alpha value is -2.01. The number of H-pyrrole nitrogens is 1. The predicted octanol–water partition coefficient (Wildman–Crippen LogP) is 2.96. The molecule has 3 rings (SSSR count). The maximum Gasteiger partial charge on any atom is 0.166 e. The van der Waals surface area contributed by atoms with Crippen molar-refractivity contribution < 1.29 is 5.11 Å². The number of aromatic nitrogens is 3. The molecule has 0 radical (unpaired) electrons. The van der Waals surface area contributed by atoms with Gasteiger partial charge in [0.15, 0.2) is 5.16 Å². The van der Waals surface area contributed by atoms with Crippen LogP contribution in [0.3, 0.4) is 0 Å². The van der Waals surface area contributed by atoms with Gasteiger partial charge in [-0.05, 0) is 23.8 Å². The van der Waals surface area contributed by atoms with Gasteiger partial charge in [-0.2, -0.15) is 0 Å². The van der Waals surface area contributed by atoms with Gasteiger partial charge >= 0.3 is 0 Å². The van der Waals surface area contributed by atoms with Crippen molar-refractivity contribution in [2.45, 2.75) is 10.9 Å². The number of nitrogens with one attached hydrogen (secondary N) is 1. The SMILES string of the molecule is Oc1cccc(CSc2nc3cnccc3[nH]2)c1. The smallest absolute Gasteiger partial charge is 0.166 e. The maximum absolute atomic E-state index is 9.38. The Bertz CT molecular complexity index is 648. The average molecular weight is 257 g/mol. The van der Waals surface area contributed by atoms with Crippen LogP contribution in [0.1, 0.15) is 5.56 Å². The first kappa shape index (κ1) is 11.1. The summed E-state index contributed by atoms with van der Waals surface area (Å²) in [5, 5.41) is 10.2. The van der Waals surface area contributed by atoms with Crippen LogP contribution in [0.2, 0.25) is 0 Å². The molecule has 90 valence electrons. The number of aromatic hydroxyl groups is 1. The van der Waals surface area contributed by atoms with Crippen LogP contribution >= 0.6 is 11.8 Å². The van der Waals surface area contributed by atoms with Crippen molar-refractivity contribution in [2.24, 2.45) is 0 Å². The molecule has 0 saturated heterocycles. The van der Waals surface area contributed by atoms with Gasteiger partial charge in [-0.15, -0.1) is 0 Å². The number of fused-ring (bicyclic) bond motifs is 1. The normalized spacial score (nSPS) is 10.9. The van der Waals surface area contributed by atoms with Gasteiger partial charge in [0, 0.05) is 11.9 Å². The molecule has 2 heterocycles. The zero-order chi connectivity index (χ0) is 12.4. The largest absolute Gasteiger partial charge is 0.508 e. The second kappa shape index (κ2) is 4.70. The number of hydrogen-bond acceptors (Lipinski definition) is 4. The second-order valence-electron chi connectivity index (χ2n) is 3.89. The summed E-state index contributed by atoms with van der Waals surface area (Å²) in [5.74, 6) is 1.06. The predicted molar refractivity (Wildman–Crippen MR) is 71.6 cm³/mol. The van der Waals surface area contributed by atoms with Crippen LogP contribution in [0.5, 0.6) is 5.75 Å². The van der Waals surface area contributed by atoms with Crippen molar-refractivity contribution in [1.29, 1.82) is 0 Å². The third kappa shape index (κ3) is 2.31. The molecule has 0 atom stereocenters. The standard InChI is InChI=1S/C13H11N3OS/c17-10-3-1-2-9(6-10)8-18-13-15-11-4-5-14-7-12(11)16-13/h1-7,17H,8H2,(H,15,16). The van der Waals surface area contributed by atoms with Crippen LogP contribution in [0, 0.1) is 0 Å². The van der Waals surface area contributed by atoms with Gasteiger partial charge in [0.05, 0.1) is 11.7 Å². The zero-order valence-electron chi connectivity index (χ0n) is 9.50. The van der Waals surface area contributed by atoms with Crippen molar-refractivity contribution in [3.05, 3.63) is 48.3 Å².